The van der Waals surface area contributed by atoms with Gasteiger partial charge in [-0.1, -0.05) is 65.7 Å². The minimum Gasteiger partial charge on any atom is -0.619 e. The van der Waals surface area contributed by atoms with Crippen molar-refractivity contribution in [3.05, 3.63) is 123 Å². The van der Waals surface area contributed by atoms with Gasteiger partial charge in [0.15, 0.2) is 29.9 Å². The number of hydrogen-bond donors (Lipinski definition) is 2. The highest BCUT2D eigenvalue weighted by atomic mass is 35.5. The van der Waals surface area contributed by atoms with Gasteiger partial charge < -0.3 is 34.8 Å². The number of benzene rings is 3. The van der Waals surface area contributed by atoms with Crippen molar-refractivity contribution < 1.29 is 38.1 Å². The summed E-state index contributed by atoms with van der Waals surface area (Å²) in [6.07, 6.45) is 3.27. The molecule has 2 bridgehead atoms. The Balaban J connectivity index is 1.13. The predicted molar refractivity (Wildman–Crippen MR) is 198 cm³/mol. The van der Waals surface area contributed by atoms with Crippen LogP contribution in [0, 0.1) is 11.1 Å². The molecule has 0 radical (unpaired) electrons. The van der Waals surface area contributed by atoms with Gasteiger partial charge in [-0.3, -0.25) is 14.5 Å². The number of methoxy groups -OCH3 is 2. The first-order chi connectivity index (χ1) is 25.6. The second-order valence-corrected chi connectivity index (χ2v) is 13.8. The summed E-state index contributed by atoms with van der Waals surface area (Å²) < 4.78 is 23.2. The molecule has 3 fully saturated rings. The van der Waals surface area contributed by atoms with E-state index >= 15 is 0 Å². The standard InChI is InChI=1S/C39H40Cl2N4O8/c1-50-32-12-11-26(18-34(32)51-2)33(19-29-30(40)21-45(49)22-31(29)41)52-36(46)20-42-38(47)27-9-6-10-28(17-27)43-37(25-7-4-3-5-8-25)39(48)53-35-23-44-15-13-24(35)14-16-44/h3-12,17-18,21-22,24,33,35,37,43H,13-16,19-20,23H2,1-2H3,(H,42,47)/t33?,35-,37?/m0/s1. The molecule has 1 amide bonds. The zero-order valence-electron chi connectivity index (χ0n) is 29.3. The lowest BCUT2D eigenvalue weighted by Crippen LogP contribution is -2.52. The number of halogens is 2. The van der Waals surface area contributed by atoms with Crippen LogP contribution in [-0.2, 0) is 25.5 Å². The number of piperidine rings is 3. The minimum absolute atomic E-state index is 0.0199. The summed E-state index contributed by atoms with van der Waals surface area (Å²) in [6, 6.07) is 20.1. The largest absolute Gasteiger partial charge is 0.619 e. The molecule has 3 atom stereocenters. The SMILES string of the molecule is COc1ccc(C(Cc2c(Cl)c[n+]([O-])cc2Cl)OC(=O)CNC(=O)c2cccc(NC(C(=O)O[C@H]3CN4CCC3CC4)c3ccccc3)c2)cc1OC. The number of ether oxygens (including phenoxy) is 4. The third-order valence-electron chi connectivity index (χ3n) is 9.56. The van der Waals surface area contributed by atoms with Crippen LogP contribution in [-0.4, -0.2) is 69.2 Å². The topological polar surface area (TPSA) is 142 Å². The molecule has 3 aliphatic heterocycles. The van der Waals surface area contributed by atoms with E-state index in [1.54, 1.807) is 42.5 Å². The fourth-order valence-corrected chi connectivity index (χ4v) is 7.35. The van der Waals surface area contributed by atoms with E-state index in [-0.39, 0.29) is 34.1 Å². The van der Waals surface area contributed by atoms with Crippen molar-refractivity contribution in [2.24, 2.45) is 5.92 Å². The highest BCUT2D eigenvalue weighted by molar-refractivity contribution is 6.35. The Morgan fingerprint density at radius 2 is 1.62 bits per heavy atom. The van der Waals surface area contributed by atoms with Gasteiger partial charge >= 0.3 is 11.9 Å². The summed E-state index contributed by atoms with van der Waals surface area (Å²) in [5.74, 6) is -0.440. The molecule has 0 saturated carbocycles. The van der Waals surface area contributed by atoms with E-state index in [4.69, 9.17) is 42.1 Å². The molecule has 3 aliphatic rings. The first-order valence-electron chi connectivity index (χ1n) is 17.2. The second-order valence-electron chi connectivity index (χ2n) is 13.0. The van der Waals surface area contributed by atoms with Crippen molar-refractivity contribution in [2.45, 2.75) is 37.5 Å². The van der Waals surface area contributed by atoms with Crippen LogP contribution in [0.2, 0.25) is 10.0 Å². The van der Waals surface area contributed by atoms with Gasteiger partial charge in [-0.25, -0.2) is 4.79 Å². The molecule has 278 valence electrons. The van der Waals surface area contributed by atoms with Gasteiger partial charge in [0, 0.05) is 29.8 Å². The van der Waals surface area contributed by atoms with Gasteiger partial charge in [-0.15, -0.1) is 0 Å². The van der Waals surface area contributed by atoms with Gasteiger partial charge in [-0.2, -0.15) is 4.73 Å². The Morgan fingerprint density at radius 1 is 0.906 bits per heavy atom. The molecule has 0 aliphatic carbocycles. The summed E-state index contributed by atoms with van der Waals surface area (Å²) in [4.78, 5) is 42.5. The average molecular weight is 764 g/mol. The predicted octanol–water partition coefficient (Wildman–Crippen LogP) is 5.69. The Labute approximate surface area is 317 Å². The van der Waals surface area contributed by atoms with Crippen LogP contribution >= 0.6 is 23.2 Å². The number of carbonyl (C=O) groups excluding carboxylic acids is 3. The number of fused-ring (bicyclic) bond motifs is 3. The third kappa shape index (κ3) is 9.31. The molecule has 53 heavy (non-hydrogen) atoms. The van der Waals surface area contributed by atoms with Crippen molar-refractivity contribution in [3.63, 3.8) is 0 Å². The van der Waals surface area contributed by atoms with Crippen molar-refractivity contribution >= 4 is 46.7 Å². The van der Waals surface area contributed by atoms with Crippen molar-refractivity contribution in [1.82, 2.24) is 10.2 Å². The molecule has 3 aromatic carbocycles. The van der Waals surface area contributed by atoms with Gasteiger partial charge in [0.2, 0.25) is 0 Å². The average Bonchev–Trinajstić information content (AvgIpc) is 3.17. The Morgan fingerprint density at radius 3 is 2.28 bits per heavy atom. The van der Waals surface area contributed by atoms with Crippen LogP contribution in [0.25, 0.3) is 0 Å². The fraction of sp³-hybridized carbons (Fsp3) is 0.333. The van der Waals surface area contributed by atoms with E-state index in [0.717, 1.165) is 50.4 Å². The third-order valence-corrected chi connectivity index (χ3v) is 10.2. The number of hydrogen-bond acceptors (Lipinski definition) is 10. The molecule has 12 nitrogen and oxygen atoms in total. The summed E-state index contributed by atoms with van der Waals surface area (Å²) in [5.41, 5.74) is 2.43. The summed E-state index contributed by atoms with van der Waals surface area (Å²) >= 11 is 12.7. The van der Waals surface area contributed by atoms with Crippen molar-refractivity contribution in [2.75, 3.05) is 45.7 Å². The highest BCUT2D eigenvalue weighted by Gasteiger charge is 2.38. The molecule has 4 heterocycles. The van der Waals surface area contributed by atoms with Crippen LogP contribution in [0.3, 0.4) is 0 Å². The van der Waals surface area contributed by atoms with E-state index in [9.17, 15) is 19.6 Å². The van der Waals surface area contributed by atoms with E-state index in [1.165, 1.54) is 14.2 Å². The molecule has 2 unspecified atom stereocenters. The number of nitrogens with one attached hydrogen (secondary N) is 2. The van der Waals surface area contributed by atoms with Crippen molar-refractivity contribution in [3.8, 4) is 11.5 Å². The minimum atomic E-state index is -0.931. The fourth-order valence-electron chi connectivity index (χ4n) is 6.75. The maximum Gasteiger partial charge on any atom is 0.333 e. The number of aromatic nitrogens is 1. The van der Waals surface area contributed by atoms with Gasteiger partial charge in [0.1, 0.15) is 28.8 Å². The molecular weight excluding hydrogens is 723 g/mol. The Kier molecular flexibility index (Phi) is 12.2. The first-order valence-corrected chi connectivity index (χ1v) is 18.0. The molecule has 1 aromatic heterocycles. The maximum absolute atomic E-state index is 13.6. The molecule has 2 N–H and O–H groups in total. The van der Waals surface area contributed by atoms with Crippen LogP contribution in [0.1, 0.15) is 52.0 Å². The molecule has 7 rings (SSSR count). The van der Waals surface area contributed by atoms with Crippen LogP contribution in [0.15, 0.2) is 85.2 Å². The normalized spacial score (nSPS) is 18.7. The van der Waals surface area contributed by atoms with E-state index in [0.29, 0.717) is 39.0 Å². The summed E-state index contributed by atoms with van der Waals surface area (Å²) in [6.45, 7) is 2.34. The molecule has 14 heteroatoms. The maximum atomic E-state index is 13.6. The lowest BCUT2D eigenvalue weighted by Gasteiger charge is -2.44. The van der Waals surface area contributed by atoms with Gasteiger partial charge in [0.25, 0.3) is 5.91 Å². The molecule has 0 spiro atoms. The monoisotopic (exact) mass is 762 g/mol. The van der Waals surface area contributed by atoms with Crippen LogP contribution in [0.4, 0.5) is 5.69 Å². The molecular formula is C39H40Cl2N4O8. The highest BCUT2D eigenvalue weighted by Crippen LogP contribution is 2.35. The molecule has 4 aromatic rings. The van der Waals surface area contributed by atoms with Gasteiger partial charge in [-0.05, 0) is 73.3 Å². The Bertz CT molecular complexity index is 1920. The van der Waals surface area contributed by atoms with Crippen LogP contribution in [0.5, 0.6) is 11.5 Å². The van der Waals surface area contributed by atoms with Crippen LogP contribution < -0.4 is 24.8 Å². The zero-order valence-corrected chi connectivity index (χ0v) is 30.8. The summed E-state index contributed by atoms with van der Waals surface area (Å²) in [5, 5.41) is 17.9. The number of anilines is 1. The zero-order chi connectivity index (χ0) is 37.5. The second kappa shape index (κ2) is 17.2. The quantitative estimate of drug-likeness (QED) is 0.0935. The van der Waals surface area contributed by atoms with Crippen molar-refractivity contribution in [1.29, 1.82) is 0 Å². The van der Waals surface area contributed by atoms with E-state index in [1.807, 2.05) is 30.3 Å². The first kappa shape index (κ1) is 37.7. The van der Waals surface area contributed by atoms with E-state index in [2.05, 4.69) is 15.5 Å². The smallest absolute Gasteiger partial charge is 0.333 e. The number of pyridine rings is 1. The number of nitrogens with zero attached hydrogens (tertiary/aromatic N) is 2. The number of esters is 2. The molecule has 3 saturated heterocycles. The lowest BCUT2D eigenvalue weighted by atomic mass is 9.86. The summed E-state index contributed by atoms with van der Waals surface area (Å²) in [7, 11) is 2.98. The number of rotatable bonds is 14. The lowest BCUT2D eigenvalue weighted by molar-refractivity contribution is -0.605. The van der Waals surface area contributed by atoms with Gasteiger partial charge in [0.05, 0.1) is 14.2 Å². The van der Waals surface area contributed by atoms with E-state index < -0.39 is 30.6 Å². The Hall–Kier alpha value is -5.04. The number of amides is 1. The number of carbonyl (C=O) groups is 3.